The summed E-state index contributed by atoms with van der Waals surface area (Å²) in [5, 5.41) is 9.14. The molecule has 0 aliphatic carbocycles. The Hall–Kier alpha value is -3.26. The van der Waals surface area contributed by atoms with Crippen molar-refractivity contribution in [2.24, 2.45) is 5.41 Å². The molecule has 2 aromatic carbocycles. The Labute approximate surface area is 185 Å². The minimum absolute atomic E-state index is 0.0690. The standard InChI is InChI=1S/C22H24ClN5O3/c23-16-5-4-8-18(11-16)26-21(31)28-10-9-27(14-22(15-28)12-19(29)24-13-22)20(30)25-17-6-2-1-3-7-17/h1-8,11H,9-10,12-15H2,(H,24,29)(H,25,30)(H,26,31)/t22-/m1/s1. The van der Waals surface area contributed by atoms with Crippen LogP contribution in [0.25, 0.3) is 0 Å². The molecule has 9 heteroatoms. The molecule has 2 fully saturated rings. The summed E-state index contributed by atoms with van der Waals surface area (Å²) in [6.45, 7) is 1.88. The number of amides is 5. The first-order valence-corrected chi connectivity index (χ1v) is 10.5. The van der Waals surface area contributed by atoms with Gasteiger partial charge in [0.15, 0.2) is 0 Å². The molecule has 3 N–H and O–H groups in total. The molecule has 2 aliphatic heterocycles. The first kappa shape index (κ1) is 21.0. The highest BCUT2D eigenvalue weighted by molar-refractivity contribution is 6.30. The van der Waals surface area contributed by atoms with Crippen LogP contribution in [-0.2, 0) is 4.79 Å². The van der Waals surface area contributed by atoms with Gasteiger partial charge in [-0.1, -0.05) is 35.9 Å². The van der Waals surface area contributed by atoms with E-state index in [1.165, 1.54) is 0 Å². The van der Waals surface area contributed by atoms with E-state index in [0.717, 1.165) is 0 Å². The number of halogens is 1. The third-order valence-corrected chi connectivity index (χ3v) is 5.80. The Kier molecular flexibility index (Phi) is 5.99. The van der Waals surface area contributed by atoms with Crippen molar-refractivity contribution in [1.82, 2.24) is 15.1 Å². The van der Waals surface area contributed by atoms with Gasteiger partial charge in [0.25, 0.3) is 0 Å². The molecule has 0 saturated carbocycles. The average Bonchev–Trinajstić information content (AvgIpc) is 2.99. The average molecular weight is 442 g/mol. The number of hydrogen-bond donors (Lipinski definition) is 3. The van der Waals surface area contributed by atoms with Crippen LogP contribution in [0.5, 0.6) is 0 Å². The molecule has 0 aromatic heterocycles. The maximum Gasteiger partial charge on any atom is 0.321 e. The molecule has 0 bridgehead atoms. The Morgan fingerprint density at radius 2 is 1.52 bits per heavy atom. The molecular weight excluding hydrogens is 418 g/mol. The summed E-state index contributed by atoms with van der Waals surface area (Å²) in [5.74, 6) is -0.0690. The maximum atomic E-state index is 13.0. The summed E-state index contributed by atoms with van der Waals surface area (Å²) < 4.78 is 0. The summed E-state index contributed by atoms with van der Waals surface area (Å²) in [5.41, 5.74) is 0.755. The SMILES string of the molecule is O=C1C[C@@]2(CN1)CN(C(=O)Nc1ccccc1)CCN(C(=O)Nc1cccc(Cl)c1)C2. The summed E-state index contributed by atoms with van der Waals surface area (Å²) in [6.07, 6.45) is 0.267. The highest BCUT2D eigenvalue weighted by Crippen LogP contribution is 2.31. The summed E-state index contributed by atoms with van der Waals surface area (Å²) in [7, 11) is 0. The quantitative estimate of drug-likeness (QED) is 0.667. The van der Waals surface area contributed by atoms with Gasteiger partial charge in [-0.05, 0) is 30.3 Å². The smallest absolute Gasteiger partial charge is 0.321 e. The zero-order valence-electron chi connectivity index (χ0n) is 16.9. The molecule has 4 rings (SSSR count). The van der Waals surface area contributed by atoms with E-state index < -0.39 is 5.41 Å². The van der Waals surface area contributed by atoms with Crippen molar-refractivity contribution in [3.8, 4) is 0 Å². The number of hydrogen-bond acceptors (Lipinski definition) is 3. The van der Waals surface area contributed by atoms with Gasteiger partial charge in [0, 0.05) is 61.0 Å². The molecular formula is C22H24ClN5O3. The number of benzene rings is 2. The summed E-state index contributed by atoms with van der Waals surface area (Å²) in [4.78, 5) is 41.3. The highest BCUT2D eigenvalue weighted by Gasteiger charge is 2.45. The molecule has 1 atom stereocenters. The molecule has 2 heterocycles. The van der Waals surface area contributed by atoms with Gasteiger partial charge in [-0.15, -0.1) is 0 Å². The highest BCUT2D eigenvalue weighted by atomic mass is 35.5. The molecule has 1 spiro atoms. The fraction of sp³-hybridized carbons (Fsp3) is 0.318. The second-order valence-electron chi connectivity index (χ2n) is 8.03. The van der Waals surface area contributed by atoms with Gasteiger partial charge < -0.3 is 25.8 Å². The predicted octanol–water partition coefficient (Wildman–Crippen LogP) is 3.23. The number of nitrogens with zero attached hydrogens (tertiary/aromatic N) is 2. The van der Waals surface area contributed by atoms with Crippen molar-refractivity contribution < 1.29 is 14.4 Å². The third-order valence-electron chi connectivity index (χ3n) is 5.56. The Balaban J connectivity index is 1.50. The number of urea groups is 2. The van der Waals surface area contributed by atoms with Crippen LogP contribution in [0.2, 0.25) is 5.02 Å². The van der Waals surface area contributed by atoms with E-state index in [4.69, 9.17) is 11.6 Å². The zero-order valence-corrected chi connectivity index (χ0v) is 17.7. The number of para-hydroxylation sites is 1. The van der Waals surface area contributed by atoms with Crippen LogP contribution in [0.1, 0.15) is 6.42 Å². The summed E-state index contributed by atoms with van der Waals surface area (Å²) >= 11 is 6.01. The normalized spacial score (nSPS) is 20.9. The van der Waals surface area contributed by atoms with Crippen LogP contribution in [-0.4, -0.2) is 60.5 Å². The van der Waals surface area contributed by atoms with Crippen molar-refractivity contribution >= 4 is 40.9 Å². The predicted molar refractivity (Wildman–Crippen MR) is 119 cm³/mol. The van der Waals surface area contributed by atoms with Gasteiger partial charge >= 0.3 is 12.1 Å². The lowest BCUT2D eigenvalue weighted by Gasteiger charge is -2.32. The minimum Gasteiger partial charge on any atom is -0.355 e. The van der Waals surface area contributed by atoms with Crippen molar-refractivity contribution in [2.75, 3.05) is 43.4 Å². The fourth-order valence-corrected chi connectivity index (χ4v) is 4.26. The molecule has 0 radical (unpaired) electrons. The van der Waals surface area contributed by atoms with Crippen LogP contribution in [0, 0.1) is 5.41 Å². The second-order valence-corrected chi connectivity index (χ2v) is 8.47. The first-order valence-electron chi connectivity index (χ1n) is 10.1. The third kappa shape index (κ3) is 5.08. The van der Waals surface area contributed by atoms with Gasteiger partial charge in [0.1, 0.15) is 0 Å². The fourth-order valence-electron chi connectivity index (χ4n) is 4.07. The lowest BCUT2D eigenvalue weighted by atomic mass is 9.86. The van der Waals surface area contributed by atoms with E-state index in [9.17, 15) is 14.4 Å². The number of anilines is 2. The molecule has 31 heavy (non-hydrogen) atoms. The molecule has 0 unspecified atom stereocenters. The van der Waals surface area contributed by atoms with Gasteiger partial charge in [-0.25, -0.2) is 9.59 Å². The van der Waals surface area contributed by atoms with E-state index >= 15 is 0 Å². The van der Waals surface area contributed by atoms with E-state index in [2.05, 4.69) is 16.0 Å². The molecule has 2 aliphatic rings. The molecule has 2 saturated heterocycles. The monoisotopic (exact) mass is 441 g/mol. The minimum atomic E-state index is -0.534. The largest absolute Gasteiger partial charge is 0.355 e. The maximum absolute atomic E-state index is 13.0. The molecule has 2 aromatic rings. The lowest BCUT2D eigenvalue weighted by molar-refractivity contribution is -0.119. The number of rotatable bonds is 2. The van der Waals surface area contributed by atoms with Crippen LogP contribution < -0.4 is 16.0 Å². The van der Waals surface area contributed by atoms with Gasteiger partial charge in [-0.2, -0.15) is 0 Å². The first-order chi connectivity index (χ1) is 14.9. The van der Waals surface area contributed by atoms with Crippen LogP contribution in [0.4, 0.5) is 21.0 Å². The van der Waals surface area contributed by atoms with Crippen LogP contribution in [0.15, 0.2) is 54.6 Å². The number of nitrogens with one attached hydrogen (secondary N) is 3. The zero-order chi connectivity index (χ0) is 21.8. The van der Waals surface area contributed by atoms with Crippen molar-refractivity contribution in [3.05, 3.63) is 59.6 Å². The number of carbonyl (C=O) groups excluding carboxylic acids is 3. The Bertz CT molecular complexity index is 986. The summed E-state index contributed by atoms with van der Waals surface area (Å²) in [6, 6.07) is 15.6. The van der Waals surface area contributed by atoms with Gasteiger partial charge in [-0.3, -0.25) is 4.79 Å². The molecule has 5 amide bonds. The Morgan fingerprint density at radius 3 is 2.10 bits per heavy atom. The van der Waals surface area contributed by atoms with E-state index in [0.29, 0.717) is 49.1 Å². The van der Waals surface area contributed by atoms with Gasteiger partial charge in [0.2, 0.25) is 5.91 Å². The van der Waals surface area contributed by atoms with Crippen LogP contribution in [0.3, 0.4) is 0 Å². The topological polar surface area (TPSA) is 93.8 Å². The Morgan fingerprint density at radius 1 is 0.903 bits per heavy atom. The van der Waals surface area contributed by atoms with Crippen LogP contribution >= 0.6 is 11.6 Å². The van der Waals surface area contributed by atoms with E-state index in [1.807, 2.05) is 30.3 Å². The van der Waals surface area contributed by atoms with E-state index in [-0.39, 0.29) is 24.4 Å². The van der Waals surface area contributed by atoms with Crippen molar-refractivity contribution in [2.45, 2.75) is 6.42 Å². The lowest BCUT2D eigenvalue weighted by Crippen LogP contribution is -2.46. The van der Waals surface area contributed by atoms with Crippen molar-refractivity contribution in [1.29, 1.82) is 0 Å². The van der Waals surface area contributed by atoms with E-state index in [1.54, 1.807) is 34.1 Å². The molecule has 162 valence electrons. The number of carbonyl (C=O) groups is 3. The van der Waals surface area contributed by atoms with Gasteiger partial charge in [0.05, 0.1) is 0 Å². The van der Waals surface area contributed by atoms with Crippen molar-refractivity contribution in [3.63, 3.8) is 0 Å². The second kappa shape index (κ2) is 8.85. The molecule has 8 nitrogen and oxygen atoms in total.